The van der Waals surface area contributed by atoms with E-state index in [0.717, 1.165) is 38.9 Å². The summed E-state index contributed by atoms with van der Waals surface area (Å²) in [5.41, 5.74) is 3.64. The van der Waals surface area contributed by atoms with Crippen LogP contribution in [0.15, 0.2) is 97.1 Å². The molecule has 0 aliphatic carbocycles. The third-order valence-corrected chi connectivity index (χ3v) is 6.49. The van der Waals surface area contributed by atoms with Crippen molar-refractivity contribution in [3.8, 4) is 34.3 Å². The van der Waals surface area contributed by atoms with Gasteiger partial charge in [0.1, 0.15) is 12.4 Å². The van der Waals surface area contributed by atoms with Gasteiger partial charge >= 0.3 is 5.97 Å². The predicted octanol–water partition coefficient (Wildman–Crippen LogP) is 7.92. The standard InChI is InChI=1S/C33H29ClN2O4/c1-2-38-32(37)9-6-18-39-29-17-14-25-19-27(13-12-26(25)20-29)33-35-30(24-7-4-3-5-8-24)21-31(36-33)40-22-23-10-15-28(34)16-11-23/h3-5,7-8,10-17,19-21H,2,6,9,18,22H2,1H3. The Morgan fingerprint density at radius 3 is 2.38 bits per heavy atom. The minimum absolute atomic E-state index is 0.200. The van der Waals surface area contributed by atoms with E-state index in [1.807, 2.05) is 91.0 Å². The van der Waals surface area contributed by atoms with Crippen LogP contribution in [-0.2, 0) is 16.1 Å². The number of esters is 1. The molecule has 40 heavy (non-hydrogen) atoms. The van der Waals surface area contributed by atoms with E-state index in [1.54, 1.807) is 6.92 Å². The molecule has 0 aliphatic rings. The fraction of sp³-hybridized carbons (Fsp3) is 0.182. The second-order valence-electron chi connectivity index (χ2n) is 9.18. The zero-order valence-electron chi connectivity index (χ0n) is 22.2. The fourth-order valence-electron chi connectivity index (χ4n) is 4.22. The Hall–Kier alpha value is -4.42. The minimum Gasteiger partial charge on any atom is -0.494 e. The van der Waals surface area contributed by atoms with Crippen molar-refractivity contribution in [3.05, 3.63) is 108 Å². The molecular formula is C33H29ClN2O4. The van der Waals surface area contributed by atoms with Crippen molar-refractivity contribution in [2.24, 2.45) is 0 Å². The highest BCUT2D eigenvalue weighted by molar-refractivity contribution is 6.30. The lowest BCUT2D eigenvalue weighted by Crippen LogP contribution is -2.06. The Labute approximate surface area is 238 Å². The number of nitrogens with zero attached hydrogens (tertiary/aromatic N) is 2. The van der Waals surface area contributed by atoms with Gasteiger partial charge in [-0.15, -0.1) is 0 Å². The average molecular weight is 553 g/mol. The van der Waals surface area contributed by atoms with E-state index in [2.05, 4.69) is 6.07 Å². The Bertz CT molecular complexity index is 1590. The number of aromatic nitrogens is 2. The van der Waals surface area contributed by atoms with Gasteiger partial charge in [0.25, 0.3) is 0 Å². The first-order chi connectivity index (χ1) is 19.6. The molecule has 6 nitrogen and oxygen atoms in total. The number of benzene rings is 4. The number of hydrogen-bond donors (Lipinski definition) is 0. The highest BCUT2D eigenvalue weighted by Gasteiger charge is 2.11. The van der Waals surface area contributed by atoms with Gasteiger partial charge in [0, 0.05) is 28.6 Å². The van der Waals surface area contributed by atoms with Crippen LogP contribution in [0.25, 0.3) is 33.4 Å². The lowest BCUT2D eigenvalue weighted by Gasteiger charge is -2.11. The number of halogens is 1. The summed E-state index contributed by atoms with van der Waals surface area (Å²) in [4.78, 5) is 21.1. The van der Waals surface area contributed by atoms with Gasteiger partial charge in [0.05, 0.1) is 18.9 Å². The van der Waals surface area contributed by atoms with E-state index >= 15 is 0 Å². The van der Waals surface area contributed by atoms with Crippen LogP contribution in [0.2, 0.25) is 5.02 Å². The Kier molecular flexibility index (Phi) is 8.89. The molecule has 0 saturated carbocycles. The van der Waals surface area contributed by atoms with Gasteiger partial charge in [0.2, 0.25) is 5.88 Å². The molecule has 4 aromatic carbocycles. The number of fused-ring (bicyclic) bond motifs is 1. The van der Waals surface area contributed by atoms with Crippen molar-refractivity contribution in [2.45, 2.75) is 26.4 Å². The molecule has 202 valence electrons. The highest BCUT2D eigenvalue weighted by Crippen LogP contribution is 2.29. The fourth-order valence-corrected chi connectivity index (χ4v) is 4.34. The van der Waals surface area contributed by atoms with Gasteiger partial charge in [-0.25, -0.2) is 4.98 Å². The highest BCUT2D eigenvalue weighted by atomic mass is 35.5. The molecule has 0 amide bonds. The predicted molar refractivity (Wildman–Crippen MR) is 158 cm³/mol. The van der Waals surface area contributed by atoms with Crippen LogP contribution in [0.1, 0.15) is 25.3 Å². The van der Waals surface area contributed by atoms with E-state index < -0.39 is 0 Å². The third-order valence-electron chi connectivity index (χ3n) is 6.24. The Balaban J connectivity index is 1.36. The lowest BCUT2D eigenvalue weighted by molar-refractivity contribution is -0.143. The van der Waals surface area contributed by atoms with Crippen LogP contribution >= 0.6 is 11.6 Å². The van der Waals surface area contributed by atoms with Crippen molar-refractivity contribution in [1.82, 2.24) is 9.97 Å². The largest absolute Gasteiger partial charge is 0.494 e. The molecule has 0 unspecified atom stereocenters. The van der Waals surface area contributed by atoms with Crippen molar-refractivity contribution >= 4 is 28.3 Å². The van der Waals surface area contributed by atoms with Crippen LogP contribution in [0.3, 0.4) is 0 Å². The first-order valence-electron chi connectivity index (χ1n) is 13.2. The minimum atomic E-state index is -0.200. The van der Waals surface area contributed by atoms with Gasteiger partial charge < -0.3 is 14.2 Å². The number of carbonyl (C=O) groups excluding carboxylic acids is 1. The SMILES string of the molecule is CCOC(=O)CCCOc1ccc2cc(-c3nc(OCc4ccc(Cl)cc4)cc(-c4ccccc4)n3)ccc2c1. The summed E-state index contributed by atoms with van der Waals surface area (Å²) in [7, 11) is 0. The van der Waals surface area contributed by atoms with Crippen LogP contribution in [-0.4, -0.2) is 29.2 Å². The van der Waals surface area contributed by atoms with Crippen LogP contribution in [0.4, 0.5) is 0 Å². The second kappa shape index (κ2) is 13.1. The van der Waals surface area contributed by atoms with E-state index in [4.69, 9.17) is 35.8 Å². The van der Waals surface area contributed by atoms with Crippen LogP contribution < -0.4 is 9.47 Å². The zero-order chi connectivity index (χ0) is 27.7. The maximum Gasteiger partial charge on any atom is 0.305 e. The molecular weight excluding hydrogens is 524 g/mol. The normalized spacial score (nSPS) is 10.8. The quantitative estimate of drug-likeness (QED) is 0.122. The average Bonchev–Trinajstić information content (AvgIpc) is 2.99. The van der Waals surface area contributed by atoms with Gasteiger partial charge in [-0.1, -0.05) is 72.3 Å². The topological polar surface area (TPSA) is 70.5 Å². The molecule has 5 rings (SSSR count). The number of ether oxygens (including phenoxy) is 3. The lowest BCUT2D eigenvalue weighted by atomic mass is 10.1. The summed E-state index contributed by atoms with van der Waals surface area (Å²) in [5, 5.41) is 2.75. The van der Waals surface area contributed by atoms with Gasteiger partial charge in [-0.05, 0) is 60.0 Å². The molecule has 5 aromatic rings. The van der Waals surface area contributed by atoms with Crippen LogP contribution in [0, 0.1) is 0 Å². The maximum absolute atomic E-state index is 11.5. The second-order valence-corrected chi connectivity index (χ2v) is 9.61. The molecule has 0 saturated heterocycles. The molecule has 0 radical (unpaired) electrons. The first-order valence-corrected chi connectivity index (χ1v) is 13.6. The Morgan fingerprint density at radius 2 is 1.57 bits per heavy atom. The molecule has 1 aromatic heterocycles. The van der Waals surface area contributed by atoms with Crippen molar-refractivity contribution < 1.29 is 19.0 Å². The van der Waals surface area contributed by atoms with Gasteiger partial charge in [-0.2, -0.15) is 4.98 Å². The van der Waals surface area contributed by atoms with E-state index in [0.29, 0.717) is 49.4 Å². The van der Waals surface area contributed by atoms with Crippen molar-refractivity contribution in [3.63, 3.8) is 0 Å². The molecule has 7 heteroatoms. The smallest absolute Gasteiger partial charge is 0.305 e. The zero-order valence-corrected chi connectivity index (χ0v) is 22.9. The molecule has 0 fully saturated rings. The summed E-state index contributed by atoms with van der Waals surface area (Å²) in [6.07, 6.45) is 0.950. The molecule has 0 spiro atoms. The van der Waals surface area contributed by atoms with Gasteiger partial charge in [-0.3, -0.25) is 4.79 Å². The Morgan fingerprint density at radius 1 is 0.800 bits per heavy atom. The monoisotopic (exact) mass is 552 g/mol. The van der Waals surface area contributed by atoms with E-state index in [1.165, 1.54) is 0 Å². The number of carbonyl (C=O) groups is 1. The summed E-state index contributed by atoms with van der Waals surface area (Å²) < 4.78 is 16.9. The summed E-state index contributed by atoms with van der Waals surface area (Å²) in [5.74, 6) is 1.62. The molecule has 0 bridgehead atoms. The van der Waals surface area contributed by atoms with Crippen molar-refractivity contribution in [2.75, 3.05) is 13.2 Å². The number of hydrogen-bond acceptors (Lipinski definition) is 6. The molecule has 0 atom stereocenters. The van der Waals surface area contributed by atoms with Crippen molar-refractivity contribution in [1.29, 1.82) is 0 Å². The van der Waals surface area contributed by atoms with E-state index in [-0.39, 0.29) is 5.97 Å². The van der Waals surface area contributed by atoms with E-state index in [9.17, 15) is 4.79 Å². The van der Waals surface area contributed by atoms with Crippen LogP contribution in [0.5, 0.6) is 11.6 Å². The molecule has 0 N–H and O–H groups in total. The molecule has 0 aliphatic heterocycles. The maximum atomic E-state index is 11.5. The summed E-state index contributed by atoms with van der Waals surface area (Å²) in [6, 6.07) is 31.4. The first kappa shape index (κ1) is 27.2. The molecule has 1 heterocycles. The summed E-state index contributed by atoms with van der Waals surface area (Å²) in [6.45, 7) is 3.01. The third kappa shape index (κ3) is 7.16. The summed E-state index contributed by atoms with van der Waals surface area (Å²) >= 11 is 6.02. The number of rotatable bonds is 11. The van der Waals surface area contributed by atoms with Gasteiger partial charge in [0.15, 0.2) is 5.82 Å².